The predicted molar refractivity (Wildman–Crippen MR) is 108 cm³/mol. The van der Waals surface area contributed by atoms with Crippen LogP contribution in [0.2, 0.25) is 0 Å². The summed E-state index contributed by atoms with van der Waals surface area (Å²) < 4.78 is 5.62. The van der Waals surface area contributed by atoms with Gasteiger partial charge < -0.3 is 14.5 Å². The molecule has 4 rings (SSSR count). The molecule has 144 valence electrons. The van der Waals surface area contributed by atoms with Crippen LogP contribution < -0.4 is 15.4 Å². The van der Waals surface area contributed by atoms with Crippen molar-refractivity contribution in [3.63, 3.8) is 0 Å². The van der Waals surface area contributed by atoms with E-state index in [0.717, 1.165) is 38.3 Å². The summed E-state index contributed by atoms with van der Waals surface area (Å²) in [6.07, 6.45) is 2.23. The molecule has 0 spiro atoms. The van der Waals surface area contributed by atoms with Crippen LogP contribution in [0.15, 0.2) is 41.2 Å². The zero-order valence-corrected chi connectivity index (χ0v) is 16.1. The highest BCUT2D eigenvalue weighted by atomic mass is 16.5. The Balaban J connectivity index is 1.60. The first-order valence-corrected chi connectivity index (χ1v) is 9.87. The van der Waals surface area contributed by atoms with Crippen LogP contribution in [0, 0.1) is 5.92 Å². The number of nitrogens with zero attached hydrogens (tertiary/aromatic N) is 3. The van der Waals surface area contributed by atoms with E-state index in [1.807, 2.05) is 6.07 Å². The second-order valence-electron chi connectivity index (χ2n) is 7.89. The zero-order valence-electron chi connectivity index (χ0n) is 16.1. The molecule has 2 unspecified atom stereocenters. The van der Waals surface area contributed by atoms with Gasteiger partial charge in [0.05, 0.1) is 12.7 Å². The number of nitrogens with one attached hydrogen (secondary N) is 1. The molecular formula is C21H28N4O2. The molecule has 0 aliphatic carbocycles. The number of morpholine rings is 1. The van der Waals surface area contributed by atoms with Crippen molar-refractivity contribution in [2.75, 3.05) is 36.0 Å². The van der Waals surface area contributed by atoms with E-state index in [1.54, 1.807) is 6.07 Å². The summed E-state index contributed by atoms with van der Waals surface area (Å²) >= 11 is 0. The summed E-state index contributed by atoms with van der Waals surface area (Å²) in [6, 6.07) is 12.5. The van der Waals surface area contributed by atoms with E-state index in [1.165, 1.54) is 5.56 Å². The molecule has 6 nitrogen and oxygen atoms in total. The summed E-state index contributed by atoms with van der Waals surface area (Å²) in [5, 5.41) is 0. The van der Waals surface area contributed by atoms with E-state index in [0.29, 0.717) is 24.5 Å². The first-order chi connectivity index (χ1) is 13.1. The van der Waals surface area contributed by atoms with Crippen molar-refractivity contribution in [3.8, 4) is 0 Å². The fraction of sp³-hybridized carbons (Fsp3) is 0.524. The number of H-pyrrole nitrogens is 1. The second kappa shape index (κ2) is 7.72. The normalized spacial score (nSPS) is 25.8. The van der Waals surface area contributed by atoms with Gasteiger partial charge in [-0.1, -0.05) is 37.3 Å². The first kappa shape index (κ1) is 18.0. The molecule has 0 radical (unpaired) electrons. The molecule has 0 saturated carbocycles. The summed E-state index contributed by atoms with van der Waals surface area (Å²) in [4.78, 5) is 24.6. The lowest BCUT2D eigenvalue weighted by molar-refractivity contribution is 0.0529. The van der Waals surface area contributed by atoms with Gasteiger partial charge in [-0.15, -0.1) is 0 Å². The number of aromatic amines is 1. The molecule has 27 heavy (non-hydrogen) atoms. The summed E-state index contributed by atoms with van der Waals surface area (Å²) in [7, 11) is 0. The van der Waals surface area contributed by atoms with Crippen LogP contribution >= 0.6 is 0 Å². The average molecular weight is 368 g/mol. The van der Waals surface area contributed by atoms with Crippen molar-refractivity contribution in [2.24, 2.45) is 5.92 Å². The second-order valence-corrected chi connectivity index (χ2v) is 7.89. The van der Waals surface area contributed by atoms with Gasteiger partial charge in [0, 0.05) is 31.7 Å². The standard InChI is InChI=1S/C21H28N4O2/c1-15-10-18(11-17-6-4-3-5-7-17)25(13-15)21-22-19(12-20(26)23-21)24-8-9-27-16(2)14-24/h3-7,12,15-16,18H,8-11,13-14H2,1-2H3,(H,22,23,26)/t15?,16?,18-/m1/s1. The Morgan fingerprint density at radius 1 is 1.22 bits per heavy atom. The van der Waals surface area contributed by atoms with Gasteiger partial charge in [-0.05, 0) is 31.2 Å². The molecule has 2 fully saturated rings. The molecule has 1 N–H and O–H groups in total. The van der Waals surface area contributed by atoms with E-state index in [9.17, 15) is 4.79 Å². The quantitative estimate of drug-likeness (QED) is 0.898. The fourth-order valence-electron chi connectivity index (χ4n) is 4.25. The SMILES string of the molecule is CC1C[C@H](Cc2ccccc2)N(c2nc(N3CCOC(C)C3)cc(=O)[nH]2)C1. The Morgan fingerprint density at radius 2 is 2.04 bits per heavy atom. The van der Waals surface area contributed by atoms with Crippen molar-refractivity contribution in [3.05, 3.63) is 52.3 Å². The van der Waals surface area contributed by atoms with E-state index in [2.05, 4.69) is 52.9 Å². The van der Waals surface area contributed by atoms with Gasteiger partial charge >= 0.3 is 0 Å². The third-order valence-electron chi connectivity index (χ3n) is 5.49. The van der Waals surface area contributed by atoms with Gasteiger partial charge in [-0.25, -0.2) is 0 Å². The van der Waals surface area contributed by atoms with Crippen molar-refractivity contribution in [2.45, 2.75) is 38.8 Å². The number of aromatic nitrogens is 2. The van der Waals surface area contributed by atoms with Crippen molar-refractivity contribution in [1.29, 1.82) is 0 Å². The third kappa shape index (κ3) is 4.16. The van der Waals surface area contributed by atoms with Crippen LogP contribution in [0.3, 0.4) is 0 Å². The van der Waals surface area contributed by atoms with Crippen molar-refractivity contribution >= 4 is 11.8 Å². The number of benzene rings is 1. The van der Waals surface area contributed by atoms with E-state index < -0.39 is 0 Å². The molecule has 6 heteroatoms. The molecule has 0 amide bonds. The van der Waals surface area contributed by atoms with Gasteiger partial charge in [0.15, 0.2) is 0 Å². The number of ether oxygens (including phenoxy) is 1. The lowest BCUT2D eigenvalue weighted by atomic mass is 10.0. The number of hydrogen-bond donors (Lipinski definition) is 1. The van der Waals surface area contributed by atoms with Gasteiger partial charge in [0.1, 0.15) is 5.82 Å². The fourth-order valence-corrected chi connectivity index (χ4v) is 4.25. The largest absolute Gasteiger partial charge is 0.375 e. The van der Waals surface area contributed by atoms with Crippen molar-refractivity contribution in [1.82, 2.24) is 9.97 Å². The minimum absolute atomic E-state index is 0.0906. The topological polar surface area (TPSA) is 61.5 Å². The zero-order chi connectivity index (χ0) is 18.8. The van der Waals surface area contributed by atoms with Crippen LogP contribution in [0.5, 0.6) is 0 Å². The molecular weight excluding hydrogens is 340 g/mol. The number of rotatable bonds is 4. The van der Waals surface area contributed by atoms with E-state index in [-0.39, 0.29) is 11.7 Å². The molecule has 1 aromatic heterocycles. The van der Waals surface area contributed by atoms with Crippen LogP contribution in [-0.2, 0) is 11.2 Å². The monoisotopic (exact) mass is 368 g/mol. The predicted octanol–water partition coefficient (Wildman–Crippen LogP) is 2.45. The maximum atomic E-state index is 12.4. The maximum absolute atomic E-state index is 12.4. The Hall–Kier alpha value is -2.34. The van der Waals surface area contributed by atoms with Crippen LogP contribution in [0.1, 0.15) is 25.8 Å². The Morgan fingerprint density at radius 3 is 2.81 bits per heavy atom. The number of hydrogen-bond acceptors (Lipinski definition) is 5. The van der Waals surface area contributed by atoms with Crippen LogP contribution in [0.25, 0.3) is 0 Å². The summed E-state index contributed by atoms with van der Waals surface area (Å²) in [6.45, 7) is 7.44. The third-order valence-corrected chi connectivity index (χ3v) is 5.49. The van der Waals surface area contributed by atoms with Crippen LogP contribution in [-0.4, -0.2) is 48.4 Å². The number of anilines is 2. The smallest absolute Gasteiger partial charge is 0.254 e. The summed E-state index contributed by atoms with van der Waals surface area (Å²) in [5.41, 5.74) is 1.23. The molecule has 2 saturated heterocycles. The van der Waals surface area contributed by atoms with Crippen LogP contribution in [0.4, 0.5) is 11.8 Å². The van der Waals surface area contributed by atoms with Gasteiger partial charge in [-0.3, -0.25) is 9.78 Å². The average Bonchev–Trinajstić information content (AvgIpc) is 3.02. The lowest BCUT2D eigenvalue weighted by Gasteiger charge is -2.33. The Kier molecular flexibility index (Phi) is 5.16. The Labute approximate surface area is 160 Å². The minimum atomic E-state index is -0.0906. The maximum Gasteiger partial charge on any atom is 0.254 e. The first-order valence-electron chi connectivity index (χ1n) is 9.87. The molecule has 2 aromatic rings. The highest BCUT2D eigenvalue weighted by Gasteiger charge is 2.32. The molecule has 1 aromatic carbocycles. The van der Waals surface area contributed by atoms with Gasteiger partial charge in [0.25, 0.3) is 5.56 Å². The molecule has 0 bridgehead atoms. The van der Waals surface area contributed by atoms with E-state index in [4.69, 9.17) is 9.72 Å². The van der Waals surface area contributed by atoms with Gasteiger partial charge in [0.2, 0.25) is 5.95 Å². The minimum Gasteiger partial charge on any atom is -0.375 e. The van der Waals surface area contributed by atoms with E-state index >= 15 is 0 Å². The molecule has 3 heterocycles. The summed E-state index contributed by atoms with van der Waals surface area (Å²) in [5.74, 6) is 2.03. The molecule has 2 aliphatic heterocycles. The highest BCUT2D eigenvalue weighted by molar-refractivity contribution is 5.45. The highest BCUT2D eigenvalue weighted by Crippen LogP contribution is 2.29. The van der Waals surface area contributed by atoms with Crippen molar-refractivity contribution < 1.29 is 4.74 Å². The molecule has 3 atom stereocenters. The lowest BCUT2D eigenvalue weighted by Crippen LogP contribution is -2.42. The van der Waals surface area contributed by atoms with Gasteiger partial charge in [-0.2, -0.15) is 4.98 Å². The Bertz CT molecular complexity index is 822. The molecule has 2 aliphatic rings.